The van der Waals surface area contributed by atoms with Crippen LogP contribution in [0.4, 0.5) is 18.9 Å². The molecule has 7 heteroatoms. The van der Waals surface area contributed by atoms with Crippen LogP contribution in [0.25, 0.3) is 0 Å². The molecule has 0 fully saturated rings. The monoisotopic (exact) mass is 367 g/mol. The fourth-order valence-corrected chi connectivity index (χ4v) is 2.33. The quantitative estimate of drug-likeness (QED) is 0.746. The lowest BCUT2D eigenvalue weighted by Gasteiger charge is -2.18. The third-order valence-electron chi connectivity index (χ3n) is 2.90. The van der Waals surface area contributed by atoms with Gasteiger partial charge in [0.25, 0.3) is 0 Å². The minimum Gasteiger partial charge on any atom is -0.467 e. The van der Waals surface area contributed by atoms with Crippen LogP contribution in [-0.2, 0) is 15.7 Å². The molecule has 1 N–H and O–H groups in total. The van der Waals surface area contributed by atoms with E-state index in [0.29, 0.717) is 10.9 Å². The maximum absolute atomic E-state index is 12.8. The van der Waals surface area contributed by atoms with Gasteiger partial charge in [0, 0.05) is 10.2 Å². The van der Waals surface area contributed by atoms with E-state index in [1.54, 1.807) is 0 Å². The van der Waals surface area contributed by atoms with Gasteiger partial charge < -0.3 is 10.1 Å². The zero-order valence-corrected chi connectivity index (χ0v) is 13.3. The van der Waals surface area contributed by atoms with Gasteiger partial charge in [0.2, 0.25) is 0 Å². The van der Waals surface area contributed by atoms with Crippen LogP contribution in [0.15, 0.2) is 22.7 Å². The standard InChI is InChI=1S/C14H17BrF3NO2/c1-3-4-5-12(13(20)21-2)19-11-7-9(14(16,17)18)6-10(15)8-11/h6-8,12,19H,3-5H2,1-2H3. The van der Waals surface area contributed by atoms with Crippen LogP contribution in [0.5, 0.6) is 0 Å². The number of nitrogens with one attached hydrogen (secondary N) is 1. The Bertz CT molecular complexity index is 492. The Hall–Kier alpha value is -1.24. The Balaban J connectivity index is 2.97. The summed E-state index contributed by atoms with van der Waals surface area (Å²) in [4.78, 5) is 11.7. The molecule has 0 aliphatic heterocycles. The second kappa shape index (κ2) is 7.68. The molecule has 1 rings (SSSR count). The Kier molecular flexibility index (Phi) is 6.51. The summed E-state index contributed by atoms with van der Waals surface area (Å²) in [7, 11) is 1.25. The van der Waals surface area contributed by atoms with E-state index in [4.69, 9.17) is 0 Å². The van der Waals surface area contributed by atoms with Gasteiger partial charge in [-0.05, 0) is 24.6 Å². The van der Waals surface area contributed by atoms with Crippen LogP contribution in [0, 0.1) is 0 Å². The molecule has 0 aliphatic rings. The first-order chi connectivity index (χ1) is 9.77. The lowest BCUT2D eigenvalue weighted by Crippen LogP contribution is -2.30. The second-order valence-corrected chi connectivity index (χ2v) is 5.50. The van der Waals surface area contributed by atoms with Crippen LogP contribution >= 0.6 is 15.9 Å². The molecule has 0 radical (unpaired) electrons. The molecule has 0 saturated carbocycles. The van der Waals surface area contributed by atoms with Crippen LogP contribution in [0.3, 0.4) is 0 Å². The molecule has 1 atom stereocenters. The molecule has 0 bridgehead atoms. The van der Waals surface area contributed by atoms with Crippen molar-refractivity contribution in [1.82, 2.24) is 0 Å². The molecule has 1 aromatic carbocycles. The molecular formula is C14H17BrF3NO2. The van der Waals surface area contributed by atoms with Gasteiger partial charge in [-0.2, -0.15) is 13.2 Å². The third kappa shape index (κ3) is 5.57. The van der Waals surface area contributed by atoms with Crippen molar-refractivity contribution < 1.29 is 22.7 Å². The number of hydrogen-bond acceptors (Lipinski definition) is 3. The van der Waals surface area contributed by atoms with Crippen molar-refractivity contribution in [3.05, 3.63) is 28.2 Å². The maximum atomic E-state index is 12.8. The Morgan fingerprint density at radius 3 is 2.57 bits per heavy atom. The number of halogens is 4. The zero-order valence-electron chi connectivity index (χ0n) is 11.8. The van der Waals surface area contributed by atoms with Gasteiger partial charge in [0.1, 0.15) is 6.04 Å². The van der Waals surface area contributed by atoms with Gasteiger partial charge in [0.05, 0.1) is 12.7 Å². The number of unbranched alkanes of at least 4 members (excludes halogenated alkanes) is 1. The lowest BCUT2D eigenvalue weighted by atomic mass is 10.1. The molecule has 1 aromatic rings. The first-order valence-electron chi connectivity index (χ1n) is 6.50. The highest BCUT2D eigenvalue weighted by atomic mass is 79.9. The largest absolute Gasteiger partial charge is 0.467 e. The Labute approximate surface area is 130 Å². The summed E-state index contributed by atoms with van der Waals surface area (Å²) in [6.45, 7) is 1.97. The molecule has 0 spiro atoms. The van der Waals surface area contributed by atoms with E-state index < -0.39 is 23.8 Å². The van der Waals surface area contributed by atoms with Crippen molar-refractivity contribution in [2.45, 2.75) is 38.4 Å². The Morgan fingerprint density at radius 2 is 2.05 bits per heavy atom. The van der Waals surface area contributed by atoms with Gasteiger partial charge in [0.15, 0.2) is 0 Å². The Morgan fingerprint density at radius 1 is 1.38 bits per heavy atom. The van der Waals surface area contributed by atoms with E-state index in [-0.39, 0.29) is 5.69 Å². The highest BCUT2D eigenvalue weighted by Crippen LogP contribution is 2.33. The SMILES string of the molecule is CCCCC(Nc1cc(Br)cc(C(F)(F)F)c1)C(=O)OC. The van der Waals surface area contributed by atoms with Crippen LogP contribution in [0.2, 0.25) is 0 Å². The molecule has 0 aromatic heterocycles. The zero-order chi connectivity index (χ0) is 16.0. The second-order valence-electron chi connectivity index (χ2n) is 4.59. The van der Waals surface area contributed by atoms with Crippen LogP contribution in [0.1, 0.15) is 31.7 Å². The molecular weight excluding hydrogens is 351 g/mol. The van der Waals surface area contributed by atoms with Gasteiger partial charge in [-0.1, -0.05) is 35.7 Å². The van der Waals surface area contributed by atoms with Crippen molar-refractivity contribution in [2.75, 3.05) is 12.4 Å². The molecule has 0 saturated heterocycles. The highest BCUT2D eigenvalue weighted by Gasteiger charge is 2.31. The van der Waals surface area contributed by atoms with Crippen LogP contribution in [-0.4, -0.2) is 19.1 Å². The fourth-order valence-electron chi connectivity index (χ4n) is 1.84. The molecule has 21 heavy (non-hydrogen) atoms. The lowest BCUT2D eigenvalue weighted by molar-refractivity contribution is -0.141. The number of carbonyl (C=O) groups is 1. The van der Waals surface area contributed by atoms with E-state index in [1.165, 1.54) is 13.2 Å². The number of alkyl halides is 3. The highest BCUT2D eigenvalue weighted by molar-refractivity contribution is 9.10. The summed E-state index contributed by atoms with van der Waals surface area (Å²) in [5.74, 6) is -0.489. The summed E-state index contributed by atoms with van der Waals surface area (Å²) in [5.41, 5.74) is -0.554. The number of hydrogen-bond donors (Lipinski definition) is 1. The first kappa shape index (κ1) is 17.8. The fraction of sp³-hybridized carbons (Fsp3) is 0.500. The normalized spacial score (nSPS) is 12.9. The first-order valence-corrected chi connectivity index (χ1v) is 7.29. The maximum Gasteiger partial charge on any atom is 0.416 e. The molecule has 0 amide bonds. The molecule has 118 valence electrons. The number of benzene rings is 1. The van der Waals surface area contributed by atoms with E-state index >= 15 is 0 Å². The predicted molar refractivity (Wildman–Crippen MR) is 78.1 cm³/mol. The predicted octanol–water partition coefficient (Wildman–Crippen LogP) is 4.61. The number of rotatable bonds is 6. The van der Waals surface area contributed by atoms with Crippen LogP contribution < -0.4 is 5.32 Å². The minimum atomic E-state index is -4.44. The van der Waals surface area contributed by atoms with Gasteiger partial charge in [-0.15, -0.1) is 0 Å². The molecule has 3 nitrogen and oxygen atoms in total. The summed E-state index contributed by atoms with van der Waals surface area (Å²) in [6, 6.07) is 2.80. The van der Waals surface area contributed by atoms with Crippen molar-refractivity contribution >= 4 is 27.6 Å². The van der Waals surface area contributed by atoms with Gasteiger partial charge in [-0.3, -0.25) is 0 Å². The van der Waals surface area contributed by atoms with E-state index in [0.717, 1.165) is 25.0 Å². The van der Waals surface area contributed by atoms with E-state index in [2.05, 4.69) is 26.0 Å². The average Bonchev–Trinajstić information content (AvgIpc) is 2.41. The average molecular weight is 368 g/mol. The number of carbonyl (C=O) groups excluding carboxylic acids is 1. The number of methoxy groups -OCH3 is 1. The third-order valence-corrected chi connectivity index (χ3v) is 3.36. The minimum absolute atomic E-state index is 0.225. The summed E-state index contributed by atoms with van der Waals surface area (Å²) < 4.78 is 43.3. The van der Waals surface area contributed by atoms with Gasteiger partial charge >= 0.3 is 12.1 Å². The summed E-state index contributed by atoms with van der Waals surface area (Å²) in [5, 5.41) is 2.81. The van der Waals surface area contributed by atoms with E-state index in [1.807, 2.05) is 6.92 Å². The smallest absolute Gasteiger partial charge is 0.416 e. The molecule has 1 unspecified atom stereocenters. The van der Waals surface area contributed by atoms with Crippen molar-refractivity contribution in [3.63, 3.8) is 0 Å². The number of ether oxygens (including phenoxy) is 1. The number of esters is 1. The van der Waals surface area contributed by atoms with Crippen molar-refractivity contribution in [3.8, 4) is 0 Å². The molecule has 0 aliphatic carbocycles. The van der Waals surface area contributed by atoms with Gasteiger partial charge in [-0.25, -0.2) is 4.79 Å². The van der Waals surface area contributed by atoms with Crippen molar-refractivity contribution in [2.24, 2.45) is 0 Å². The molecule has 0 heterocycles. The topological polar surface area (TPSA) is 38.3 Å². The summed E-state index contributed by atoms with van der Waals surface area (Å²) >= 11 is 3.05. The number of anilines is 1. The summed E-state index contributed by atoms with van der Waals surface area (Å²) in [6.07, 6.45) is -2.30. The van der Waals surface area contributed by atoms with E-state index in [9.17, 15) is 18.0 Å². The van der Waals surface area contributed by atoms with Crippen molar-refractivity contribution in [1.29, 1.82) is 0 Å².